The van der Waals surface area contributed by atoms with Crippen molar-refractivity contribution in [2.45, 2.75) is 45.1 Å². The first kappa shape index (κ1) is 8.85. The van der Waals surface area contributed by atoms with E-state index in [1.54, 1.807) is 0 Å². The van der Waals surface area contributed by atoms with Gasteiger partial charge in [-0.1, -0.05) is 26.2 Å². The molecule has 2 aliphatic carbocycles. The summed E-state index contributed by atoms with van der Waals surface area (Å²) in [6.07, 6.45) is 4.98. The number of hydrogen-bond acceptors (Lipinski definition) is 2. The van der Waals surface area contributed by atoms with Crippen molar-refractivity contribution in [3.05, 3.63) is 0 Å². The highest BCUT2D eigenvalue weighted by Crippen LogP contribution is 2.62. The standard InChI is InChI=1S/C10H16O3/c1-7-8(13-9(11)12)10(7)5-3-2-4-6-10/h7-8H,2-6H2,1H3,(H,11,12). The van der Waals surface area contributed by atoms with Crippen LogP contribution in [0.1, 0.15) is 39.0 Å². The van der Waals surface area contributed by atoms with Crippen LogP contribution in [0.2, 0.25) is 0 Å². The molecule has 74 valence electrons. The van der Waals surface area contributed by atoms with Crippen molar-refractivity contribution < 1.29 is 14.6 Å². The summed E-state index contributed by atoms with van der Waals surface area (Å²) < 4.78 is 4.88. The predicted molar refractivity (Wildman–Crippen MR) is 47.6 cm³/mol. The molecule has 0 heterocycles. The lowest BCUT2D eigenvalue weighted by atomic mass is 9.84. The number of carbonyl (C=O) groups is 1. The van der Waals surface area contributed by atoms with Gasteiger partial charge in [-0.2, -0.15) is 0 Å². The lowest BCUT2D eigenvalue weighted by molar-refractivity contribution is 0.0651. The molecule has 0 aromatic rings. The Kier molecular flexibility index (Phi) is 1.97. The molecule has 0 aromatic heterocycles. The number of carboxylic acid groups (broad SMARTS) is 1. The van der Waals surface area contributed by atoms with E-state index < -0.39 is 6.16 Å². The summed E-state index contributed by atoms with van der Waals surface area (Å²) in [5.74, 6) is 0.448. The molecule has 2 unspecified atom stereocenters. The zero-order valence-corrected chi connectivity index (χ0v) is 7.95. The van der Waals surface area contributed by atoms with E-state index in [2.05, 4.69) is 6.92 Å². The zero-order valence-electron chi connectivity index (χ0n) is 7.95. The van der Waals surface area contributed by atoms with Crippen LogP contribution in [0.5, 0.6) is 0 Å². The highest BCUT2D eigenvalue weighted by Gasteiger charge is 2.64. The van der Waals surface area contributed by atoms with Gasteiger partial charge in [0, 0.05) is 11.3 Å². The molecule has 2 aliphatic rings. The van der Waals surface area contributed by atoms with Crippen molar-refractivity contribution in [1.82, 2.24) is 0 Å². The van der Waals surface area contributed by atoms with E-state index in [9.17, 15) is 4.79 Å². The molecule has 1 spiro atoms. The second-order valence-electron chi connectivity index (χ2n) is 4.39. The van der Waals surface area contributed by atoms with Crippen molar-refractivity contribution in [1.29, 1.82) is 0 Å². The molecule has 2 atom stereocenters. The number of ether oxygens (including phenoxy) is 1. The Balaban J connectivity index is 1.97. The normalized spacial score (nSPS) is 35.8. The van der Waals surface area contributed by atoms with Crippen LogP contribution >= 0.6 is 0 Å². The number of rotatable bonds is 1. The largest absolute Gasteiger partial charge is 0.506 e. The van der Waals surface area contributed by atoms with E-state index in [1.165, 1.54) is 19.3 Å². The van der Waals surface area contributed by atoms with Crippen LogP contribution in [0.3, 0.4) is 0 Å². The van der Waals surface area contributed by atoms with Crippen LogP contribution in [0, 0.1) is 11.3 Å². The molecule has 13 heavy (non-hydrogen) atoms. The summed E-state index contributed by atoms with van der Waals surface area (Å²) in [6, 6.07) is 0. The molecular formula is C10H16O3. The van der Waals surface area contributed by atoms with Crippen molar-refractivity contribution >= 4 is 6.16 Å². The molecule has 3 nitrogen and oxygen atoms in total. The molecule has 0 radical (unpaired) electrons. The summed E-state index contributed by atoms with van der Waals surface area (Å²) in [5, 5.41) is 8.53. The molecule has 2 saturated carbocycles. The first-order chi connectivity index (χ1) is 6.17. The van der Waals surface area contributed by atoms with Gasteiger partial charge in [-0.15, -0.1) is 0 Å². The van der Waals surface area contributed by atoms with Crippen LogP contribution in [0.15, 0.2) is 0 Å². The lowest BCUT2D eigenvalue weighted by Gasteiger charge is -2.21. The molecule has 0 bridgehead atoms. The third-order valence-electron chi connectivity index (χ3n) is 3.83. The molecule has 3 heteroatoms. The minimum Gasteiger partial charge on any atom is -0.450 e. The molecule has 2 fully saturated rings. The molecular weight excluding hydrogens is 168 g/mol. The second kappa shape index (κ2) is 2.89. The molecule has 0 amide bonds. The lowest BCUT2D eigenvalue weighted by Crippen LogP contribution is -2.15. The molecule has 1 N–H and O–H groups in total. The molecule has 0 aromatic carbocycles. The van der Waals surface area contributed by atoms with E-state index >= 15 is 0 Å². The van der Waals surface area contributed by atoms with Crippen LogP contribution in [-0.4, -0.2) is 17.4 Å². The van der Waals surface area contributed by atoms with E-state index in [-0.39, 0.29) is 11.5 Å². The Hall–Kier alpha value is -0.730. The third kappa shape index (κ3) is 1.30. The fraction of sp³-hybridized carbons (Fsp3) is 0.900. The van der Waals surface area contributed by atoms with Gasteiger partial charge in [-0.05, 0) is 12.8 Å². The quantitative estimate of drug-likeness (QED) is 0.637. The SMILES string of the molecule is CC1C(OC(=O)O)C12CCCCC2. The van der Waals surface area contributed by atoms with E-state index in [0.717, 1.165) is 12.8 Å². The summed E-state index contributed by atoms with van der Waals surface area (Å²) in [4.78, 5) is 10.4. The Morgan fingerprint density at radius 1 is 1.38 bits per heavy atom. The Bertz CT molecular complexity index is 218. The Morgan fingerprint density at radius 3 is 2.54 bits per heavy atom. The first-order valence-corrected chi connectivity index (χ1v) is 5.06. The van der Waals surface area contributed by atoms with Gasteiger partial charge >= 0.3 is 6.16 Å². The fourth-order valence-electron chi connectivity index (χ4n) is 2.93. The van der Waals surface area contributed by atoms with E-state index in [4.69, 9.17) is 9.84 Å². The van der Waals surface area contributed by atoms with Gasteiger partial charge in [-0.25, -0.2) is 4.79 Å². The average Bonchev–Trinajstić information content (AvgIpc) is 2.60. The van der Waals surface area contributed by atoms with Crippen LogP contribution in [0.4, 0.5) is 4.79 Å². The van der Waals surface area contributed by atoms with Gasteiger partial charge in [0.05, 0.1) is 0 Å². The van der Waals surface area contributed by atoms with Crippen molar-refractivity contribution in [3.63, 3.8) is 0 Å². The summed E-state index contributed by atoms with van der Waals surface area (Å²) in [7, 11) is 0. The monoisotopic (exact) mass is 184 g/mol. The highest BCUT2D eigenvalue weighted by molar-refractivity contribution is 5.57. The minimum atomic E-state index is -1.11. The maximum atomic E-state index is 10.4. The minimum absolute atomic E-state index is 0.00898. The van der Waals surface area contributed by atoms with Crippen LogP contribution in [0.25, 0.3) is 0 Å². The number of hydrogen-bond donors (Lipinski definition) is 1. The van der Waals surface area contributed by atoms with Gasteiger partial charge in [-0.3, -0.25) is 0 Å². The van der Waals surface area contributed by atoms with E-state index in [1.807, 2.05) is 0 Å². The maximum absolute atomic E-state index is 10.4. The van der Waals surface area contributed by atoms with Gasteiger partial charge in [0.1, 0.15) is 6.10 Å². The Morgan fingerprint density at radius 2 is 2.00 bits per heavy atom. The molecule has 2 rings (SSSR count). The smallest absolute Gasteiger partial charge is 0.450 e. The molecule has 0 saturated heterocycles. The summed E-state index contributed by atoms with van der Waals surface area (Å²) in [6.45, 7) is 2.11. The van der Waals surface area contributed by atoms with Crippen molar-refractivity contribution in [2.75, 3.05) is 0 Å². The third-order valence-corrected chi connectivity index (χ3v) is 3.83. The molecule has 0 aliphatic heterocycles. The van der Waals surface area contributed by atoms with Crippen molar-refractivity contribution in [3.8, 4) is 0 Å². The van der Waals surface area contributed by atoms with Gasteiger partial charge in [0.25, 0.3) is 0 Å². The topological polar surface area (TPSA) is 46.5 Å². The summed E-state index contributed by atoms with van der Waals surface area (Å²) in [5.41, 5.74) is 0.233. The summed E-state index contributed by atoms with van der Waals surface area (Å²) >= 11 is 0. The maximum Gasteiger partial charge on any atom is 0.506 e. The first-order valence-electron chi connectivity index (χ1n) is 5.06. The average molecular weight is 184 g/mol. The highest BCUT2D eigenvalue weighted by atomic mass is 16.7. The second-order valence-corrected chi connectivity index (χ2v) is 4.39. The zero-order chi connectivity index (χ0) is 9.47. The van der Waals surface area contributed by atoms with Crippen LogP contribution in [-0.2, 0) is 4.74 Å². The fourth-order valence-corrected chi connectivity index (χ4v) is 2.93. The van der Waals surface area contributed by atoms with Gasteiger partial charge in [0.15, 0.2) is 0 Å². The van der Waals surface area contributed by atoms with Gasteiger partial charge in [0.2, 0.25) is 0 Å². The predicted octanol–water partition coefficient (Wildman–Crippen LogP) is 2.65. The van der Waals surface area contributed by atoms with Crippen LogP contribution < -0.4 is 0 Å². The van der Waals surface area contributed by atoms with Gasteiger partial charge < -0.3 is 9.84 Å². The Labute approximate surface area is 78.1 Å². The van der Waals surface area contributed by atoms with E-state index in [0.29, 0.717) is 5.92 Å². The van der Waals surface area contributed by atoms with Crippen molar-refractivity contribution in [2.24, 2.45) is 11.3 Å².